The zero-order valence-electron chi connectivity index (χ0n) is 24.4. The maximum absolute atomic E-state index is 14.2. The van der Waals surface area contributed by atoms with Crippen LogP contribution >= 0.6 is 0 Å². The molecule has 0 fully saturated rings. The van der Waals surface area contributed by atoms with E-state index in [1.165, 1.54) is 0 Å². The second-order valence-corrected chi connectivity index (χ2v) is 12.1. The first-order valence-electron chi connectivity index (χ1n) is 13.2. The van der Waals surface area contributed by atoms with E-state index in [1.54, 1.807) is 25.7 Å². The normalized spacial score (nSPS) is 13.7. The number of nitrogens with one attached hydrogen (secondary N) is 2. The molecule has 2 unspecified atom stereocenters. The third kappa shape index (κ3) is 9.82. The van der Waals surface area contributed by atoms with E-state index in [4.69, 9.17) is 4.74 Å². The van der Waals surface area contributed by atoms with Gasteiger partial charge < -0.3 is 20.3 Å². The average Bonchev–Trinajstić information content (AvgIpc) is 2.69. The Morgan fingerprint density at radius 3 is 2.11 bits per heavy atom. The highest BCUT2D eigenvalue weighted by Crippen LogP contribution is 2.32. The van der Waals surface area contributed by atoms with Crippen LogP contribution in [0.25, 0.3) is 0 Å². The maximum Gasteiger partial charge on any atom is 0.408 e. The molecular weight excluding hydrogens is 454 g/mol. The average molecular weight is 504 g/mol. The van der Waals surface area contributed by atoms with Gasteiger partial charge in [-0.05, 0) is 85.3 Å². The Morgan fingerprint density at radius 2 is 1.64 bits per heavy atom. The molecule has 36 heavy (non-hydrogen) atoms. The van der Waals surface area contributed by atoms with Gasteiger partial charge in [-0.2, -0.15) is 0 Å². The summed E-state index contributed by atoms with van der Waals surface area (Å²) >= 11 is 0. The summed E-state index contributed by atoms with van der Waals surface area (Å²) in [5.74, 6) is -0.398. The minimum absolute atomic E-state index is 0.133. The summed E-state index contributed by atoms with van der Waals surface area (Å²) < 4.78 is 5.46. The zero-order chi connectivity index (χ0) is 27.8. The van der Waals surface area contributed by atoms with Gasteiger partial charge in [0.1, 0.15) is 17.7 Å². The Balaban J connectivity index is 3.58. The fourth-order valence-electron chi connectivity index (χ4n) is 4.17. The van der Waals surface area contributed by atoms with Crippen LogP contribution in [0.1, 0.15) is 104 Å². The molecule has 0 spiro atoms. The Hall–Kier alpha value is -2.57. The van der Waals surface area contributed by atoms with Gasteiger partial charge in [0.25, 0.3) is 0 Å². The number of rotatable bonds is 10. The number of amides is 3. The molecule has 0 aliphatic rings. The number of alkyl carbamates (subject to hydrolysis) is 1. The molecule has 0 radical (unpaired) electrons. The highest BCUT2D eigenvalue weighted by atomic mass is 16.6. The molecule has 1 rings (SSSR count). The van der Waals surface area contributed by atoms with Crippen LogP contribution < -0.4 is 10.6 Å². The van der Waals surface area contributed by atoms with Crippen molar-refractivity contribution in [2.45, 2.75) is 119 Å². The van der Waals surface area contributed by atoms with Crippen molar-refractivity contribution in [3.8, 4) is 0 Å². The molecule has 0 aromatic heterocycles. The van der Waals surface area contributed by atoms with E-state index in [0.717, 1.165) is 29.5 Å². The maximum atomic E-state index is 14.2. The van der Waals surface area contributed by atoms with Crippen LogP contribution in [0.2, 0.25) is 0 Å². The van der Waals surface area contributed by atoms with Crippen molar-refractivity contribution in [3.05, 3.63) is 34.9 Å². The molecule has 0 aliphatic heterocycles. The van der Waals surface area contributed by atoms with Gasteiger partial charge in [-0.15, -0.1) is 0 Å². The van der Waals surface area contributed by atoms with E-state index in [9.17, 15) is 14.4 Å². The molecule has 7 heteroatoms. The lowest BCUT2D eigenvalue weighted by atomic mass is 9.91. The van der Waals surface area contributed by atoms with Crippen LogP contribution in [0.15, 0.2) is 18.2 Å². The smallest absolute Gasteiger partial charge is 0.408 e. The topological polar surface area (TPSA) is 87.7 Å². The lowest BCUT2D eigenvalue weighted by Gasteiger charge is -2.43. The van der Waals surface area contributed by atoms with Crippen LogP contribution in [0.5, 0.6) is 0 Å². The Labute approximate surface area is 218 Å². The number of hydrogen-bond donors (Lipinski definition) is 2. The Bertz CT molecular complexity index is 897. The van der Waals surface area contributed by atoms with E-state index < -0.39 is 29.3 Å². The lowest BCUT2D eigenvalue weighted by Crippen LogP contribution is -2.59. The molecule has 1 aromatic carbocycles. The second kappa shape index (κ2) is 13.1. The molecule has 1 aromatic rings. The van der Waals surface area contributed by atoms with Crippen molar-refractivity contribution in [2.75, 3.05) is 6.54 Å². The number of hydrogen-bond acceptors (Lipinski definition) is 4. The van der Waals surface area contributed by atoms with Crippen LogP contribution in [0.4, 0.5) is 4.79 Å². The molecule has 0 saturated heterocycles. The molecule has 204 valence electrons. The van der Waals surface area contributed by atoms with Crippen molar-refractivity contribution < 1.29 is 19.1 Å². The zero-order valence-corrected chi connectivity index (χ0v) is 24.4. The first kappa shape index (κ1) is 31.5. The molecule has 7 nitrogen and oxygen atoms in total. The van der Waals surface area contributed by atoms with Crippen molar-refractivity contribution in [2.24, 2.45) is 5.92 Å². The molecule has 3 amide bonds. The number of benzene rings is 1. The van der Waals surface area contributed by atoms with E-state index in [0.29, 0.717) is 13.0 Å². The highest BCUT2D eigenvalue weighted by molar-refractivity contribution is 5.92. The van der Waals surface area contributed by atoms with Crippen molar-refractivity contribution >= 4 is 17.9 Å². The number of carbonyl (C=O) groups is 3. The summed E-state index contributed by atoms with van der Waals surface area (Å²) in [6, 6.07) is 4.24. The first-order valence-corrected chi connectivity index (χ1v) is 13.2. The van der Waals surface area contributed by atoms with Crippen LogP contribution in [-0.2, 0) is 14.3 Å². The summed E-state index contributed by atoms with van der Waals surface area (Å²) in [4.78, 5) is 42.2. The van der Waals surface area contributed by atoms with Crippen molar-refractivity contribution in [1.82, 2.24) is 15.5 Å². The van der Waals surface area contributed by atoms with E-state index >= 15 is 0 Å². The van der Waals surface area contributed by atoms with Crippen molar-refractivity contribution in [3.63, 3.8) is 0 Å². The fraction of sp³-hybridized carbons (Fsp3) is 0.690. The van der Waals surface area contributed by atoms with Gasteiger partial charge in [-0.1, -0.05) is 51.0 Å². The predicted octanol–water partition coefficient (Wildman–Crippen LogP) is 5.83. The monoisotopic (exact) mass is 503 g/mol. The Kier molecular flexibility index (Phi) is 11.5. The van der Waals surface area contributed by atoms with Crippen molar-refractivity contribution in [1.29, 1.82) is 0 Å². The number of carbonyl (C=O) groups excluding carboxylic acids is 3. The number of unbranched alkanes of at least 4 members (excludes halogenated alkanes) is 1. The largest absolute Gasteiger partial charge is 0.444 e. The third-order valence-corrected chi connectivity index (χ3v) is 5.71. The molecule has 2 atom stereocenters. The van der Waals surface area contributed by atoms with Gasteiger partial charge in [0.05, 0.1) is 0 Å². The van der Waals surface area contributed by atoms with Gasteiger partial charge in [0.15, 0.2) is 0 Å². The van der Waals surface area contributed by atoms with E-state index in [2.05, 4.69) is 17.6 Å². The minimum Gasteiger partial charge on any atom is -0.444 e. The lowest BCUT2D eigenvalue weighted by molar-refractivity contribution is -0.148. The molecule has 0 bridgehead atoms. The van der Waals surface area contributed by atoms with E-state index in [-0.39, 0.29) is 17.7 Å². The highest BCUT2D eigenvalue weighted by Gasteiger charge is 2.42. The standard InChI is InChI=1S/C29H49N3O4/c1-12-13-16-30-25(33)24(22-15-14-20(4)18-21(22)5)32(28(6,7)8)26(34)23(17-19(2)3)31-27(35)36-29(9,10)11/h14-15,18-19,23-24H,12-13,16-17H2,1-11H3,(H,30,33)(H,31,35). The summed E-state index contributed by atoms with van der Waals surface area (Å²) in [5.41, 5.74) is 1.40. The van der Waals surface area contributed by atoms with Crippen LogP contribution in [0, 0.1) is 19.8 Å². The van der Waals surface area contributed by atoms with Gasteiger partial charge in [0.2, 0.25) is 11.8 Å². The quantitative estimate of drug-likeness (QED) is 0.393. The first-order chi connectivity index (χ1) is 16.5. The molecule has 0 aliphatic carbocycles. The van der Waals surface area contributed by atoms with Crippen LogP contribution in [-0.4, -0.2) is 46.5 Å². The van der Waals surface area contributed by atoms with Gasteiger partial charge in [0, 0.05) is 12.1 Å². The summed E-state index contributed by atoms with van der Waals surface area (Å²) in [5, 5.41) is 5.83. The predicted molar refractivity (Wildman–Crippen MR) is 146 cm³/mol. The van der Waals surface area contributed by atoms with E-state index in [1.807, 2.05) is 66.7 Å². The van der Waals surface area contributed by atoms with Gasteiger partial charge >= 0.3 is 6.09 Å². The molecular formula is C29H49N3O4. The van der Waals surface area contributed by atoms with Gasteiger partial charge in [-0.25, -0.2) is 4.79 Å². The molecule has 2 N–H and O–H groups in total. The minimum atomic E-state index is -0.843. The SMILES string of the molecule is CCCCNC(=O)C(c1ccc(C)cc1C)N(C(=O)C(CC(C)C)NC(=O)OC(C)(C)C)C(C)(C)C. The van der Waals surface area contributed by atoms with Crippen LogP contribution in [0.3, 0.4) is 0 Å². The summed E-state index contributed by atoms with van der Waals surface area (Å²) in [7, 11) is 0. The second-order valence-electron chi connectivity index (χ2n) is 12.1. The summed E-state index contributed by atoms with van der Waals surface area (Å²) in [6.07, 6.45) is 1.57. The number of ether oxygens (including phenoxy) is 1. The number of nitrogens with zero attached hydrogens (tertiary/aromatic N) is 1. The Morgan fingerprint density at radius 1 is 1.03 bits per heavy atom. The third-order valence-electron chi connectivity index (χ3n) is 5.71. The van der Waals surface area contributed by atoms with Gasteiger partial charge in [-0.3, -0.25) is 9.59 Å². The fourth-order valence-corrected chi connectivity index (χ4v) is 4.17. The molecule has 0 heterocycles. The molecule has 0 saturated carbocycles. The number of aryl methyl sites for hydroxylation is 2. The summed E-state index contributed by atoms with van der Waals surface area (Å²) in [6.45, 7) is 21.7.